The Morgan fingerprint density at radius 3 is 2.68 bits per heavy atom. The number of ether oxygens (including phenoxy) is 1. The van der Waals surface area contributed by atoms with Gasteiger partial charge in [-0.15, -0.1) is 0 Å². The molecule has 0 bridgehead atoms. The van der Waals surface area contributed by atoms with E-state index in [4.69, 9.17) is 4.74 Å². The lowest BCUT2D eigenvalue weighted by atomic mass is 9.93. The highest BCUT2D eigenvalue weighted by molar-refractivity contribution is 6.06. The number of nitro groups is 1. The molecule has 2 aliphatic heterocycles. The fraction of sp³-hybridized carbons (Fsp3) is 0.500. The van der Waals surface area contributed by atoms with Gasteiger partial charge >= 0.3 is 6.09 Å². The second-order valence-corrected chi connectivity index (χ2v) is 6.77. The summed E-state index contributed by atoms with van der Waals surface area (Å²) in [4.78, 5) is 38.0. The predicted octanol–water partition coefficient (Wildman–Crippen LogP) is 1.73. The van der Waals surface area contributed by atoms with Gasteiger partial charge in [0.1, 0.15) is 5.69 Å². The van der Waals surface area contributed by atoms with Crippen LogP contribution in [0.5, 0.6) is 0 Å². The predicted molar refractivity (Wildman–Crippen MR) is 102 cm³/mol. The van der Waals surface area contributed by atoms with Crippen LogP contribution in [0.25, 0.3) is 0 Å². The fourth-order valence-electron chi connectivity index (χ4n) is 3.44. The number of benzene rings is 1. The topological polar surface area (TPSA) is 117 Å². The Kier molecular flexibility index (Phi) is 5.76. The minimum Gasteiger partial charge on any atom is -0.450 e. The number of hydrazone groups is 1. The monoisotopic (exact) mass is 389 g/mol. The number of carbonyl (C=O) groups is 2. The van der Waals surface area contributed by atoms with Gasteiger partial charge in [-0.2, -0.15) is 5.10 Å². The molecule has 0 saturated carbocycles. The van der Waals surface area contributed by atoms with Crippen molar-refractivity contribution < 1.29 is 19.2 Å². The Morgan fingerprint density at radius 1 is 1.36 bits per heavy atom. The van der Waals surface area contributed by atoms with E-state index >= 15 is 0 Å². The molecule has 1 fully saturated rings. The number of hydrogen-bond acceptors (Lipinski definition) is 7. The number of amides is 2. The van der Waals surface area contributed by atoms with Crippen molar-refractivity contribution in [2.45, 2.75) is 20.3 Å². The van der Waals surface area contributed by atoms with Crippen LogP contribution >= 0.6 is 0 Å². The first-order valence-corrected chi connectivity index (χ1v) is 9.22. The molecule has 1 N–H and O–H groups in total. The van der Waals surface area contributed by atoms with Crippen LogP contribution in [0.3, 0.4) is 0 Å². The number of rotatable bonds is 4. The SMILES string of the molecule is CCOC(=O)N1CCN(c2ccc(C3=NNC(=O)CC3C)cc2[N+](=O)[O-])CC1. The zero-order chi connectivity index (χ0) is 20.3. The van der Waals surface area contributed by atoms with Crippen LogP contribution in [0.4, 0.5) is 16.2 Å². The number of nitrogens with zero attached hydrogens (tertiary/aromatic N) is 4. The van der Waals surface area contributed by atoms with Crippen molar-refractivity contribution in [3.8, 4) is 0 Å². The number of nitro benzene ring substituents is 1. The molecule has 3 rings (SSSR count). The Bertz CT molecular complexity index is 817. The third-order valence-electron chi connectivity index (χ3n) is 4.87. The van der Waals surface area contributed by atoms with E-state index in [9.17, 15) is 19.7 Å². The minimum atomic E-state index is -0.414. The quantitative estimate of drug-likeness (QED) is 0.619. The molecular weight excluding hydrogens is 366 g/mol. The van der Waals surface area contributed by atoms with E-state index in [1.807, 2.05) is 11.8 Å². The zero-order valence-corrected chi connectivity index (χ0v) is 15.9. The van der Waals surface area contributed by atoms with Gasteiger partial charge in [-0.05, 0) is 13.0 Å². The van der Waals surface area contributed by atoms with Gasteiger partial charge in [0.2, 0.25) is 5.91 Å². The van der Waals surface area contributed by atoms with E-state index < -0.39 is 4.92 Å². The van der Waals surface area contributed by atoms with Gasteiger partial charge in [0.25, 0.3) is 5.69 Å². The first-order valence-electron chi connectivity index (χ1n) is 9.22. The van der Waals surface area contributed by atoms with Crippen molar-refractivity contribution in [2.75, 3.05) is 37.7 Å². The normalized spacial score (nSPS) is 19.7. The molecular formula is C18H23N5O5. The molecule has 0 spiro atoms. The lowest BCUT2D eigenvalue weighted by Crippen LogP contribution is -2.49. The van der Waals surface area contributed by atoms with E-state index in [1.165, 1.54) is 6.07 Å². The van der Waals surface area contributed by atoms with Crippen molar-refractivity contribution in [1.82, 2.24) is 10.3 Å². The molecule has 1 atom stereocenters. The summed E-state index contributed by atoms with van der Waals surface area (Å²) in [5.41, 5.74) is 4.16. The molecule has 0 aliphatic carbocycles. The molecule has 1 aromatic carbocycles. The molecule has 28 heavy (non-hydrogen) atoms. The summed E-state index contributed by atoms with van der Waals surface area (Å²) >= 11 is 0. The van der Waals surface area contributed by atoms with Crippen LogP contribution in [-0.4, -0.2) is 60.3 Å². The average molecular weight is 389 g/mol. The van der Waals surface area contributed by atoms with Gasteiger partial charge < -0.3 is 14.5 Å². The van der Waals surface area contributed by atoms with Gasteiger partial charge in [0, 0.05) is 50.1 Å². The van der Waals surface area contributed by atoms with E-state index in [0.29, 0.717) is 56.2 Å². The third kappa shape index (κ3) is 4.05. The Hall–Kier alpha value is -3.17. The summed E-state index contributed by atoms with van der Waals surface area (Å²) in [5, 5.41) is 15.7. The summed E-state index contributed by atoms with van der Waals surface area (Å²) in [7, 11) is 0. The maximum atomic E-state index is 11.8. The van der Waals surface area contributed by atoms with Crippen LogP contribution in [0.2, 0.25) is 0 Å². The molecule has 1 aromatic rings. The Balaban J connectivity index is 1.80. The first-order chi connectivity index (χ1) is 13.4. The number of hydrogen-bond donors (Lipinski definition) is 1. The second-order valence-electron chi connectivity index (χ2n) is 6.77. The second kappa shape index (κ2) is 8.24. The molecule has 2 amide bonds. The number of anilines is 1. The van der Waals surface area contributed by atoms with Crippen LogP contribution in [0, 0.1) is 16.0 Å². The van der Waals surface area contributed by atoms with Crippen molar-refractivity contribution >= 4 is 29.1 Å². The summed E-state index contributed by atoms with van der Waals surface area (Å²) in [6.45, 7) is 5.77. The molecule has 150 valence electrons. The van der Waals surface area contributed by atoms with E-state index in [1.54, 1.807) is 24.0 Å². The summed E-state index contributed by atoms with van der Waals surface area (Å²) in [6.07, 6.45) is -0.0668. The molecule has 2 heterocycles. The van der Waals surface area contributed by atoms with Gasteiger partial charge in [0.15, 0.2) is 0 Å². The van der Waals surface area contributed by atoms with E-state index in [0.717, 1.165) is 0 Å². The molecule has 0 radical (unpaired) electrons. The number of carbonyl (C=O) groups excluding carboxylic acids is 2. The largest absolute Gasteiger partial charge is 0.450 e. The van der Waals surface area contributed by atoms with Crippen LogP contribution in [-0.2, 0) is 9.53 Å². The lowest BCUT2D eigenvalue weighted by Gasteiger charge is -2.35. The van der Waals surface area contributed by atoms with Gasteiger partial charge in [-0.1, -0.05) is 13.0 Å². The highest BCUT2D eigenvalue weighted by atomic mass is 16.6. The smallest absolute Gasteiger partial charge is 0.409 e. The molecule has 10 nitrogen and oxygen atoms in total. The Morgan fingerprint density at radius 2 is 2.07 bits per heavy atom. The van der Waals surface area contributed by atoms with Crippen molar-refractivity contribution in [2.24, 2.45) is 11.0 Å². The van der Waals surface area contributed by atoms with Gasteiger partial charge in [0.05, 0.1) is 17.2 Å². The maximum Gasteiger partial charge on any atom is 0.409 e. The molecule has 10 heteroatoms. The van der Waals surface area contributed by atoms with E-state index in [2.05, 4.69) is 10.5 Å². The van der Waals surface area contributed by atoms with Crippen LogP contribution in [0.1, 0.15) is 25.8 Å². The first kappa shape index (κ1) is 19.6. The van der Waals surface area contributed by atoms with Gasteiger partial charge in [-0.25, -0.2) is 10.2 Å². The van der Waals surface area contributed by atoms with Gasteiger partial charge in [-0.3, -0.25) is 14.9 Å². The number of nitrogens with one attached hydrogen (secondary N) is 1. The molecule has 1 unspecified atom stereocenters. The standard InChI is InChI=1S/C18H23N5O5/c1-3-28-18(25)22-8-6-21(7-9-22)14-5-4-13(11-15(14)23(26)27)17-12(2)10-16(24)19-20-17/h4-5,11-12H,3,6-10H2,1-2H3,(H,19,24). The average Bonchev–Trinajstić information content (AvgIpc) is 2.68. The highest BCUT2D eigenvalue weighted by Crippen LogP contribution is 2.31. The lowest BCUT2D eigenvalue weighted by molar-refractivity contribution is -0.384. The number of piperazine rings is 1. The molecule has 0 aromatic heterocycles. The maximum absolute atomic E-state index is 11.8. The van der Waals surface area contributed by atoms with Crippen molar-refractivity contribution in [1.29, 1.82) is 0 Å². The van der Waals surface area contributed by atoms with E-state index in [-0.39, 0.29) is 23.6 Å². The summed E-state index contributed by atoms with van der Waals surface area (Å²) in [5.74, 6) is -0.283. The highest BCUT2D eigenvalue weighted by Gasteiger charge is 2.28. The fourth-order valence-corrected chi connectivity index (χ4v) is 3.44. The van der Waals surface area contributed by atoms with Crippen molar-refractivity contribution in [3.05, 3.63) is 33.9 Å². The van der Waals surface area contributed by atoms with Crippen LogP contribution < -0.4 is 10.3 Å². The summed E-state index contributed by atoms with van der Waals surface area (Å²) in [6, 6.07) is 4.99. The van der Waals surface area contributed by atoms with Crippen LogP contribution in [0.15, 0.2) is 23.3 Å². The third-order valence-corrected chi connectivity index (χ3v) is 4.87. The zero-order valence-electron chi connectivity index (χ0n) is 15.9. The minimum absolute atomic E-state index is 0.0196. The van der Waals surface area contributed by atoms with Crippen molar-refractivity contribution in [3.63, 3.8) is 0 Å². The Labute approximate surface area is 162 Å². The molecule has 1 saturated heterocycles. The molecule has 2 aliphatic rings. The summed E-state index contributed by atoms with van der Waals surface area (Å²) < 4.78 is 5.00.